The van der Waals surface area contributed by atoms with Crippen molar-refractivity contribution in [2.75, 3.05) is 16.8 Å². The van der Waals surface area contributed by atoms with Gasteiger partial charge in [0.1, 0.15) is 17.5 Å². The van der Waals surface area contributed by atoms with Crippen LogP contribution in [0.1, 0.15) is 75.6 Å². The Hall–Kier alpha value is -2.14. The number of hydrogen-bond donors (Lipinski definition) is 2. The summed E-state index contributed by atoms with van der Waals surface area (Å²) in [5.41, 5.74) is 3.64. The van der Waals surface area contributed by atoms with Crippen molar-refractivity contribution in [2.45, 2.75) is 72.1 Å². The van der Waals surface area contributed by atoms with Gasteiger partial charge in [-0.05, 0) is 43.4 Å². The van der Waals surface area contributed by atoms with Crippen LogP contribution < -0.4 is 10.2 Å². The molecule has 0 spiro atoms. The van der Waals surface area contributed by atoms with Gasteiger partial charge < -0.3 is 15.3 Å². The summed E-state index contributed by atoms with van der Waals surface area (Å²) in [6, 6.07) is 8.78. The first-order chi connectivity index (χ1) is 12.9. The highest BCUT2D eigenvalue weighted by molar-refractivity contribution is 5.52. The number of nitrogens with one attached hydrogen (secondary N) is 1. The molecule has 2 N–H and O–H groups in total. The summed E-state index contributed by atoms with van der Waals surface area (Å²) in [5, 5.41) is 13.3. The zero-order valence-corrected chi connectivity index (χ0v) is 17.2. The lowest BCUT2D eigenvalue weighted by molar-refractivity contribution is 0.199. The van der Waals surface area contributed by atoms with Gasteiger partial charge >= 0.3 is 0 Å². The quantitative estimate of drug-likeness (QED) is 0.790. The molecular formula is C22H32N4O. The van der Waals surface area contributed by atoms with Gasteiger partial charge in [0.15, 0.2) is 0 Å². The van der Waals surface area contributed by atoms with E-state index in [2.05, 4.69) is 56.1 Å². The number of anilines is 2. The van der Waals surface area contributed by atoms with Gasteiger partial charge in [0.25, 0.3) is 0 Å². The van der Waals surface area contributed by atoms with E-state index in [1.54, 1.807) is 0 Å². The molecule has 5 nitrogen and oxygen atoms in total. The molecule has 0 amide bonds. The first-order valence-electron chi connectivity index (χ1n) is 10.1. The first kappa shape index (κ1) is 19.6. The second-order valence-corrected chi connectivity index (χ2v) is 7.95. The predicted octanol–water partition coefficient (Wildman–Crippen LogP) is 4.43. The maximum atomic E-state index is 9.83. The lowest BCUT2D eigenvalue weighted by Crippen LogP contribution is -2.31. The van der Waals surface area contributed by atoms with Gasteiger partial charge in [-0.3, -0.25) is 0 Å². The highest BCUT2D eigenvalue weighted by atomic mass is 16.3. The average Bonchev–Trinajstić information content (AvgIpc) is 2.66. The molecule has 1 aromatic heterocycles. The third-order valence-electron chi connectivity index (χ3n) is 5.30. The van der Waals surface area contributed by atoms with Crippen LogP contribution in [0, 0.1) is 0 Å². The summed E-state index contributed by atoms with van der Waals surface area (Å²) in [7, 11) is 0. The van der Waals surface area contributed by atoms with Crippen LogP contribution in [0.5, 0.6) is 0 Å². The van der Waals surface area contributed by atoms with Crippen molar-refractivity contribution in [3.05, 3.63) is 46.8 Å². The van der Waals surface area contributed by atoms with Gasteiger partial charge in [0.2, 0.25) is 0 Å². The van der Waals surface area contributed by atoms with Crippen molar-refractivity contribution in [3.63, 3.8) is 0 Å². The highest BCUT2D eigenvalue weighted by Crippen LogP contribution is 2.28. The Morgan fingerprint density at radius 2 is 1.89 bits per heavy atom. The van der Waals surface area contributed by atoms with Crippen molar-refractivity contribution in [1.82, 2.24) is 9.97 Å². The van der Waals surface area contributed by atoms with E-state index in [0.717, 1.165) is 49.0 Å². The largest absolute Gasteiger partial charge is 0.389 e. The van der Waals surface area contributed by atoms with Crippen LogP contribution in [0.15, 0.2) is 24.3 Å². The van der Waals surface area contributed by atoms with Crippen LogP contribution in [-0.2, 0) is 13.0 Å². The minimum Gasteiger partial charge on any atom is -0.389 e. The molecule has 27 heavy (non-hydrogen) atoms. The Balaban J connectivity index is 1.87. The number of hydrogen-bond acceptors (Lipinski definition) is 5. The molecule has 3 rings (SSSR count). The van der Waals surface area contributed by atoms with Gasteiger partial charge in [0, 0.05) is 31.1 Å². The molecule has 2 aromatic rings. The first-order valence-corrected chi connectivity index (χ1v) is 10.1. The van der Waals surface area contributed by atoms with E-state index in [1.807, 2.05) is 13.0 Å². The zero-order valence-electron chi connectivity index (χ0n) is 17.2. The number of aliphatic hydroxyl groups is 1. The summed E-state index contributed by atoms with van der Waals surface area (Å²) < 4.78 is 0. The molecule has 0 unspecified atom stereocenters. The second kappa shape index (κ2) is 8.26. The fourth-order valence-corrected chi connectivity index (χ4v) is 3.33. The molecule has 2 atom stereocenters. The Morgan fingerprint density at radius 1 is 1.11 bits per heavy atom. The van der Waals surface area contributed by atoms with E-state index in [0.29, 0.717) is 6.04 Å². The van der Waals surface area contributed by atoms with Crippen molar-refractivity contribution < 1.29 is 5.11 Å². The van der Waals surface area contributed by atoms with Crippen molar-refractivity contribution >= 4 is 11.6 Å². The lowest BCUT2D eigenvalue weighted by atomic mass is 9.96. The van der Waals surface area contributed by atoms with E-state index in [-0.39, 0.29) is 5.92 Å². The third-order valence-corrected chi connectivity index (χ3v) is 5.30. The highest BCUT2D eigenvalue weighted by Gasteiger charge is 2.20. The zero-order chi connectivity index (χ0) is 19.6. The minimum absolute atomic E-state index is 0.285. The topological polar surface area (TPSA) is 61.3 Å². The van der Waals surface area contributed by atoms with E-state index in [1.165, 1.54) is 11.1 Å². The normalized spacial score (nSPS) is 16.2. The molecule has 0 bridgehead atoms. The number of nitrogens with zero attached hydrogens (tertiary/aromatic N) is 3. The van der Waals surface area contributed by atoms with Crippen molar-refractivity contribution in [2.24, 2.45) is 0 Å². The third kappa shape index (κ3) is 4.59. The summed E-state index contributed by atoms with van der Waals surface area (Å²) >= 11 is 0. The predicted molar refractivity (Wildman–Crippen MR) is 111 cm³/mol. The Kier molecular flexibility index (Phi) is 6.00. The Bertz CT molecular complexity index is 788. The monoisotopic (exact) mass is 368 g/mol. The molecule has 0 saturated heterocycles. The van der Waals surface area contributed by atoms with E-state index in [4.69, 9.17) is 9.97 Å². The molecule has 0 saturated carbocycles. The van der Waals surface area contributed by atoms with E-state index >= 15 is 0 Å². The van der Waals surface area contributed by atoms with Gasteiger partial charge in [-0.2, -0.15) is 0 Å². The molecular weight excluding hydrogens is 336 g/mol. The Labute approximate surface area is 162 Å². The van der Waals surface area contributed by atoms with Gasteiger partial charge in [-0.25, -0.2) is 9.97 Å². The number of benzene rings is 1. The van der Waals surface area contributed by atoms with Gasteiger partial charge in [-0.15, -0.1) is 0 Å². The SMILES string of the molecule is CC[C@H](C)Nc1cc(N2CCc3cc([C@H](C)O)ccc3C2)nc(C(C)C)n1. The summed E-state index contributed by atoms with van der Waals surface area (Å²) in [6.45, 7) is 12.2. The molecule has 146 valence electrons. The fourth-order valence-electron chi connectivity index (χ4n) is 3.33. The van der Waals surface area contributed by atoms with Crippen LogP contribution in [0.4, 0.5) is 11.6 Å². The van der Waals surface area contributed by atoms with Crippen LogP contribution in [0.25, 0.3) is 0 Å². The smallest absolute Gasteiger partial charge is 0.135 e. The second-order valence-electron chi connectivity index (χ2n) is 7.95. The standard InChI is InChI=1S/C22H32N4O/c1-6-15(4)23-20-12-21(25-22(24-20)14(2)3)26-10-9-18-11-17(16(5)27)7-8-19(18)13-26/h7-8,11-12,14-16,27H,6,9-10,13H2,1-5H3,(H,23,24,25)/t15-,16-/m0/s1. The average molecular weight is 369 g/mol. The van der Waals surface area contributed by atoms with Crippen LogP contribution >= 0.6 is 0 Å². The summed E-state index contributed by atoms with van der Waals surface area (Å²) in [6.07, 6.45) is 1.60. The molecule has 5 heteroatoms. The van der Waals surface area contributed by atoms with E-state index < -0.39 is 6.10 Å². The Morgan fingerprint density at radius 3 is 2.56 bits per heavy atom. The van der Waals surface area contributed by atoms with E-state index in [9.17, 15) is 5.11 Å². The van der Waals surface area contributed by atoms with Crippen LogP contribution in [0.3, 0.4) is 0 Å². The van der Waals surface area contributed by atoms with Gasteiger partial charge in [0.05, 0.1) is 6.10 Å². The summed E-state index contributed by atoms with van der Waals surface area (Å²) in [5.74, 6) is 3.07. The molecule has 1 aliphatic heterocycles. The number of fused-ring (bicyclic) bond motifs is 1. The maximum Gasteiger partial charge on any atom is 0.135 e. The number of aliphatic hydroxyl groups excluding tert-OH is 1. The van der Waals surface area contributed by atoms with Gasteiger partial charge in [-0.1, -0.05) is 39.0 Å². The minimum atomic E-state index is -0.419. The number of rotatable bonds is 6. The molecule has 0 fully saturated rings. The van der Waals surface area contributed by atoms with Crippen molar-refractivity contribution in [1.29, 1.82) is 0 Å². The molecule has 0 radical (unpaired) electrons. The van der Waals surface area contributed by atoms with Crippen LogP contribution in [-0.4, -0.2) is 27.7 Å². The lowest BCUT2D eigenvalue weighted by Gasteiger charge is -2.31. The molecule has 1 aliphatic rings. The molecule has 0 aliphatic carbocycles. The summed E-state index contributed by atoms with van der Waals surface area (Å²) in [4.78, 5) is 11.9. The number of aromatic nitrogens is 2. The maximum absolute atomic E-state index is 9.83. The molecule has 2 heterocycles. The molecule has 1 aromatic carbocycles. The fraction of sp³-hybridized carbons (Fsp3) is 0.545. The van der Waals surface area contributed by atoms with Crippen molar-refractivity contribution in [3.8, 4) is 0 Å². The van der Waals surface area contributed by atoms with Crippen LogP contribution in [0.2, 0.25) is 0 Å².